The average molecular weight is 463 g/mol. The highest BCUT2D eigenvalue weighted by atomic mass is 32.2. The molecule has 2 unspecified atom stereocenters. The molecule has 0 bridgehead atoms. The van der Waals surface area contributed by atoms with Crippen molar-refractivity contribution in [2.24, 2.45) is 4.99 Å². The fourth-order valence-corrected chi connectivity index (χ4v) is 5.82. The van der Waals surface area contributed by atoms with Crippen LogP contribution in [0, 0.1) is 5.95 Å². The molecule has 168 valence electrons. The van der Waals surface area contributed by atoms with E-state index in [4.69, 9.17) is 10.1 Å². The Bertz CT molecular complexity index is 1290. The number of pyridine rings is 1. The van der Waals surface area contributed by atoms with Crippen molar-refractivity contribution in [3.8, 4) is 11.3 Å². The van der Waals surface area contributed by atoms with Crippen molar-refractivity contribution in [2.75, 3.05) is 18.2 Å². The SMILES string of the molecule is CSc1c2c(nn1Cc1ccc(-c3cccc(F)n3)cc1)N1C(=NC3CCCC31)N(C)C2=O. The lowest BCUT2D eigenvalue weighted by molar-refractivity contribution is 0.0861. The van der Waals surface area contributed by atoms with Crippen molar-refractivity contribution in [3.05, 3.63) is 59.5 Å². The largest absolute Gasteiger partial charge is 0.289 e. The van der Waals surface area contributed by atoms with Crippen LogP contribution in [0.3, 0.4) is 0 Å². The highest BCUT2D eigenvalue weighted by molar-refractivity contribution is 7.98. The van der Waals surface area contributed by atoms with Gasteiger partial charge in [0.15, 0.2) is 5.82 Å². The van der Waals surface area contributed by atoms with Gasteiger partial charge in [0.1, 0.15) is 10.6 Å². The van der Waals surface area contributed by atoms with E-state index in [0.29, 0.717) is 17.8 Å². The Morgan fingerprint density at radius 3 is 2.73 bits per heavy atom. The zero-order valence-corrected chi connectivity index (χ0v) is 19.2. The molecule has 0 radical (unpaired) electrons. The maximum Gasteiger partial charge on any atom is 0.266 e. The molecule has 0 N–H and O–H groups in total. The fraction of sp³-hybridized carbons (Fsp3) is 0.333. The predicted octanol–water partition coefficient (Wildman–Crippen LogP) is 4.04. The normalized spacial score (nSPS) is 21.2. The first kappa shape index (κ1) is 20.4. The number of amides is 1. The highest BCUT2D eigenvalue weighted by Crippen LogP contribution is 2.42. The van der Waals surface area contributed by atoms with Gasteiger partial charge in [-0.1, -0.05) is 30.3 Å². The molecule has 0 spiro atoms. The Morgan fingerprint density at radius 2 is 1.97 bits per heavy atom. The molecule has 1 aliphatic carbocycles. The Labute approximate surface area is 195 Å². The lowest BCUT2D eigenvalue weighted by atomic mass is 10.1. The molecular weight excluding hydrogens is 439 g/mol. The minimum absolute atomic E-state index is 0.0527. The van der Waals surface area contributed by atoms with Crippen LogP contribution >= 0.6 is 11.8 Å². The summed E-state index contributed by atoms with van der Waals surface area (Å²) in [5.41, 5.74) is 3.16. The quantitative estimate of drug-likeness (QED) is 0.433. The minimum Gasteiger partial charge on any atom is -0.289 e. The van der Waals surface area contributed by atoms with Gasteiger partial charge in [0.2, 0.25) is 11.9 Å². The second-order valence-corrected chi connectivity index (χ2v) is 9.43. The van der Waals surface area contributed by atoms with Gasteiger partial charge in [-0.2, -0.15) is 9.49 Å². The van der Waals surface area contributed by atoms with Crippen LogP contribution in [0.25, 0.3) is 11.3 Å². The summed E-state index contributed by atoms with van der Waals surface area (Å²) in [6, 6.07) is 13.2. The van der Waals surface area contributed by atoms with E-state index in [1.165, 1.54) is 17.8 Å². The number of halogens is 1. The third kappa shape index (κ3) is 3.17. The number of rotatable bonds is 4. The number of hydrogen-bond donors (Lipinski definition) is 0. The van der Waals surface area contributed by atoms with Gasteiger partial charge in [-0.3, -0.25) is 19.3 Å². The van der Waals surface area contributed by atoms with E-state index in [-0.39, 0.29) is 18.0 Å². The Hall–Kier alpha value is -3.20. The van der Waals surface area contributed by atoms with E-state index in [1.54, 1.807) is 24.1 Å². The summed E-state index contributed by atoms with van der Waals surface area (Å²) in [4.78, 5) is 25.9. The van der Waals surface area contributed by atoms with E-state index in [9.17, 15) is 9.18 Å². The molecule has 6 rings (SSSR count). The van der Waals surface area contributed by atoms with E-state index in [2.05, 4.69) is 9.88 Å². The number of carbonyl (C=O) groups excluding carboxylic acids is 1. The number of carbonyl (C=O) groups is 1. The molecule has 4 heterocycles. The number of nitrogens with zero attached hydrogens (tertiary/aromatic N) is 6. The van der Waals surface area contributed by atoms with Crippen LogP contribution < -0.4 is 4.90 Å². The number of anilines is 1. The van der Waals surface area contributed by atoms with Gasteiger partial charge in [0, 0.05) is 12.6 Å². The zero-order chi connectivity index (χ0) is 22.7. The summed E-state index contributed by atoms with van der Waals surface area (Å²) in [7, 11) is 1.80. The van der Waals surface area contributed by atoms with Crippen LogP contribution in [0.5, 0.6) is 0 Å². The van der Waals surface area contributed by atoms with Crippen LogP contribution in [-0.2, 0) is 6.54 Å². The maximum absolute atomic E-state index is 13.5. The predicted molar refractivity (Wildman–Crippen MR) is 126 cm³/mol. The maximum atomic E-state index is 13.5. The molecule has 0 saturated heterocycles. The molecule has 2 aliphatic heterocycles. The van der Waals surface area contributed by atoms with Gasteiger partial charge < -0.3 is 0 Å². The molecule has 1 amide bonds. The van der Waals surface area contributed by atoms with Gasteiger partial charge in [0.25, 0.3) is 5.91 Å². The molecule has 3 aliphatic rings. The summed E-state index contributed by atoms with van der Waals surface area (Å²) in [5, 5.41) is 5.79. The number of fused-ring (bicyclic) bond motifs is 5. The van der Waals surface area contributed by atoms with Crippen molar-refractivity contribution in [1.29, 1.82) is 0 Å². The third-order valence-corrected chi connectivity index (χ3v) is 7.50. The second kappa shape index (κ2) is 7.69. The molecular formula is C24H23FN6OS. The minimum atomic E-state index is -0.493. The summed E-state index contributed by atoms with van der Waals surface area (Å²) in [6.07, 6.45) is 5.25. The van der Waals surface area contributed by atoms with Gasteiger partial charge in [-0.05, 0) is 43.2 Å². The summed E-state index contributed by atoms with van der Waals surface area (Å²) < 4.78 is 15.4. The standard InChI is InChI=1S/C24H23FN6OS/c1-29-22(32)20-21(31-18-7-3-6-17(18)27-24(29)31)28-30(23(20)33-2)13-14-9-11-15(12-10-14)16-5-4-8-19(25)26-16/h4-5,8-12,17-18H,3,6-7,13H2,1-2H3. The molecule has 1 fully saturated rings. The number of hydrogen-bond acceptors (Lipinski definition) is 6. The topological polar surface area (TPSA) is 66.6 Å². The van der Waals surface area contributed by atoms with E-state index < -0.39 is 5.95 Å². The zero-order valence-electron chi connectivity index (χ0n) is 18.4. The van der Waals surface area contributed by atoms with Gasteiger partial charge in [-0.25, -0.2) is 9.98 Å². The summed E-state index contributed by atoms with van der Waals surface area (Å²) in [6.45, 7) is 0.533. The molecule has 33 heavy (non-hydrogen) atoms. The number of benzene rings is 1. The monoisotopic (exact) mass is 462 g/mol. The van der Waals surface area contributed by atoms with Gasteiger partial charge >= 0.3 is 0 Å². The van der Waals surface area contributed by atoms with Crippen molar-refractivity contribution in [2.45, 2.75) is 42.9 Å². The number of aromatic nitrogens is 3. The molecule has 2 atom stereocenters. The van der Waals surface area contributed by atoms with E-state index >= 15 is 0 Å². The lowest BCUT2D eigenvalue weighted by Gasteiger charge is -2.34. The van der Waals surface area contributed by atoms with Crippen molar-refractivity contribution in [3.63, 3.8) is 0 Å². The Morgan fingerprint density at radius 1 is 1.15 bits per heavy atom. The van der Waals surface area contributed by atoms with Crippen LogP contribution in [0.15, 0.2) is 52.5 Å². The Kier molecular flexibility index (Phi) is 4.76. The van der Waals surface area contributed by atoms with Crippen molar-refractivity contribution in [1.82, 2.24) is 19.7 Å². The average Bonchev–Trinajstić information content (AvgIpc) is 3.51. The molecule has 7 nitrogen and oxygen atoms in total. The van der Waals surface area contributed by atoms with Crippen LogP contribution in [0.4, 0.5) is 10.2 Å². The van der Waals surface area contributed by atoms with Gasteiger partial charge in [0.05, 0.1) is 24.3 Å². The molecule has 1 aromatic carbocycles. The summed E-state index contributed by atoms with van der Waals surface area (Å²) in [5.74, 6) is 0.915. The van der Waals surface area contributed by atoms with E-state index in [1.807, 2.05) is 35.2 Å². The third-order valence-electron chi connectivity index (χ3n) is 6.70. The first-order valence-electron chi connectivity index (χ1n) is 11.1. The first-order chi connectivity index (χ1) is 16.0. The highest BCUT2D eigenvalue weighted by Gasteiger charge is 2.49. The second-order valence-electron chi connectivity index (χ2n) is 8.64. The van der Waals surface area contributed by atoms with Crippen molar-refractivity contribution < 1.29 is 9.18 Å². The molecule has 2 aromatic heterocycles. The molecule has 9 heteroatoms. The van der Waals surface area contributed by atoms with Crippen LogP contribution in [0.1, 0.15) is 35.2 Å². The van der Waals surface area contributed by atoms with E-state index in [0.717, 1.165) is 47.2 Å². The summed E-state index contributed by atoms with van der Waals surface area (Å²) >= 11 is 1.54. The Balaban J connectivity index is 1.35. The van der Waals surface area contributed by atoms with Crippen LogP contribution in [0.2, 0.25) is 0 Å². The lowest BCUT2D eigenvalue weighted by Crippen LogP contribution is -2.51. The smallest absolute Gasteiger partial charge is 0.266 e. The first-order valence-corrected chi connectivity index (χ1v) is 12.3. The van der Waals surface area contributed by atoms with Gasteiger partial charge in [-0.15, -0.1) is 11.8 Å². The fourth-order valence-electron chi connectivity index (χ4n) is 5.12. The number of thioether (sulfide) groups is 1. The molecule has 3 aromatic rings. The number of aliphatic imine (C=N–C) groups is 1. The molecule has 1 saturated carbocycles. The van der Waals surface area contributed by atoms with Crippen LogP contribution in [-0.4, -0.2) is 56.9 Å². The number of guanidine groups is 1. The van der Waals surface area contributed by atoms with Crippen molar-refractivity contribution >= 4 is 29.4 Å².